The molecule has 37 heavy (non-hydrogen) atoms. The van der Waals surface area contributed by atoms with Gasteiger partial charge in [0.25, 0.3) is 5.91 Å². The number of aromatic nitrogens is 2. The second-order valence-electron chi connectivity index (χ2n) is 9.03. The summed E-state index contributed by atoms with van der Waals surface area (Å²) in [5, 5.41) is 12.8. The van der Waals surface area contributed by atoms with Gasteiger partial charge >= 0.3 is 5.97 Å². The van der Waals surface area contributed by atoms with Crippen LogP contribution in [0.4, 0.5) is 0 Å². The van der Waals surface area contributed by atoms with Crippen LogP contribution in [0.2, 0.25) is 5.02 Å². The highest BCUT2D eigenvalue weighted by molar-refractivity contribution is 7.99. The summed E-state index contributed by atoms with van der Waals surface area (Å²) in [6.07, 6.45) is 2.81. The van der Waals surface area contributed by atoms with Gasteiger partial charge < -0.3 is 10.4 Å². The normalized spacial score (nSPS) is 14.8. The largest absolute Gasteiger partial charge is 0.481 e. The number of amides is 1. The minimum Gasteiger partial charge on any atom is -0.481 e. The Labute approximate surface area is 224 Å². The van der Waals surface area contributed by atoms with Crippen LogP contribution in [-0.2, 0) is 11.2 Å². The molecule has 6 nitrogen and oxygen atoms in total. The number of carbonyl (C=O) groups excluding carboxylic acids is 1. The maximum absolute atomic E-state index is 13.2. The highest BCUT2D eigenvalue weighted by Gasteiger charge is 2.23. The Bertz CT molecular complexity index is 1460. The summed E-state index contributed by atoms with van der Waals surface area (Å²) in [6, 6.07) is 21.0. The lowest BCUT2D eigenvalue weighted by Crippen LogP contribution is -2.30. The van der Waals surface area contributed by atoms with Crippen LogP contribution in [0.5, 0.6) is 0 Å². The van der Waals surface area contributed by atoms with Crippen LogP contribution in [-0.4, -0.2) is 32.7 Å². The molecule has 1 atom stereocenters. The van der Waals surface area contributed by atoms with Crippen molar-refractivity contribution in [2.75, 3.05) is 5.75 Å². The Morgan fingerprint density at radius 1 is 1.00 bits per heavy atom. The molecule has 1 aliphatic rings. The van der Waals surface area contributed by atoms with E-state index in [1.807, 2.05) is 54.2 Å². The van der Waals surface area contributed by atoms with Crippen molar-refractivity contribution in [3.8, 4) is 11.3 Å². The van der Waals surface area contributed by atoms with Crippen LogP contribution in [0.25, 0.3) is 22.3 Å². The van der Waals surface area contributed by atoms with Crippen molar-refractivity contribution < 1.29 is 14.7 Å². The van der Waals surface area contributed by atoms with Gasteiger partial charge in [-0.25, -0.2) is 9.97 Å². The second kappa shape index (κ2) is 11.3. The molecule has 0 radical (unpaired) electrons. The SMILES string of the molecule is O=C(O)CCCCc1nc2cc(C(=O)NC3CCSc4ccccc43)ccc2nc1-c1ccc(Cl)cc1. The molecule has 4 aromatic rings. The van der Waals surface area contributed by atoms with Crippen LogP contribution in [0.1, 0.15) is 53.3 Å². The van der Waals surface area contributed by atoms with E-state index in [1.165, 1.54) is 4.90 Å². The first-order valence-corrected chi connectivity index (χ1v) is 13.7. The fourth-order valence-electron chi connectivity index (χ4n) is 4.55. The Morgan fingerprint density at radius 3 is 2.62 bits per heavy atom. The number of carboxylic acids is 1. The first kappa shape index (κ1) is 25.2. The number of carboxylic acid groups (broad SMARTS) is 1. The van der Waals surface area contributed by atoms with Gasteiger partial charge in [-0.3, -0.25) is 9.59 Å². The molecular weight excluding hydrogens is 506 g/mol. The quantitative estimate of drug-likeness (QED) is 0.245. The van der Waals surface area contributed by atoms with E-state index in [9.17, 15) is 9.59 Å². The van der Waals surface area contributed by atoms with Gasteiger partial charge in [-0.15, -0.1) is 11.8 Å². The molecule has 0 saturated heterocycles. The summed E-state index contributed by atoms with van der Waals surface area (Å²) < 4.78 is 0. The summed E-state index contributed by atoms with van der Waals surface area (Å²) in [4.78, 5) is 35.1. The van der Waals surface area contributed by atoms with Crippen molar-refractivity contribution in [1.82, 2.24) is 15.3 Å². The maximum atomic E-state index is 13.2. The number of benzene rings is 3. The van der Waals surface area contributed by atoms with Crippen LogP contribution in [0.15, 0.2) is 71.6 Å². The Kier molecular flexibility index (Phi) is 7.72. The third kappa shape index (κ3) is 5.95. The Balaban J connectivity index is 1.43. The van der Waals surface area contributed by atoms with Crippen LogP contribution < -0.4 is 5.32 Å². The second-order valence-corrected chi connectivity index (χ2v) is 10.6. The summed E-state index contributed by atoms with van der Waals surface area (Å²) in [6.45, 7) is 0. The highest BCUT2D eigenvalue weighted by Crippen LogP contribution is 2.36. The summed E-state index contributed by atoms with van der Waals surface area (Å²) >= 11 is 7.90. The molecule has 0 spiro atoms. The van der Waals surface area contributed by atoms with E-state index in [2.05, 4.69) is 17.4 Å². The molecule has 0 bridgehead atoms. The summed E-state index contributed by atoms with van der Waals surface area (Å²) in [5.41, 5.74) is 5.43. The molecule has 1 amide bonds. The van der Waals surface area contributed by atoms with E-state index in [1.54, 1.807) is 12.1 Å². The van der Waals surface area contributed by atoms with Gasteiger partial charge in [0.15, 0.2) is 0 Å². The highest BCUT2D eigenvalue weighted by atomic mass is 35.5. The summed E-state index contributed by atoms with van der Waals surface area (Å²) in [7, 11) is 0. The van der Waals surface area contributed by atoms with Crippen LogP contribution in [0, 0.1) is 0 Å². The van der Waals surface area contributed by atoms with Crippen molar-refractivity contribution in [2.45, 2.75) is 43.0 Å². The van der Waals surface area contributed by atoms with E-state index in [-0.39, 0.29) is 18.4 Å². The number of hydrogen-bond acceptors (Lipinski definition) is 5. The van der Waals surface area contributed by atoms with Crippen LogP contribution in [0.3, 0.4) is 0 Å². The number of nitrogens with zero attached hydrogens (tertiary/aromatic N) is 2. The minimum absolute atomic E-state index is 0.0243. The fourth-order valence-corrected chi connectivity index (χ4v) is 5.80. The molecule has 2 heterocycles. The lowest BCUT2D eigenvalue weighted by Gasteiger charge is -2.26. The van der Waals surface area contributed by atoms with Gasteiger partial charge in [-0.1, -0.05) is 41.9 Å². The third-order valence-electron chi connectivity index (χ3n) is 6.43. The van der Waals surface area contributed by atoms with Crippen molar-refractivity contribution >= 4 is 46.3 Å². The Morgan fingerprint density at radius 2 is 1.81 bits per heavy atom. The monoisotopic (exact) mass is 531 g/mol. The molecule has 2 N–H and O–H groups in total. The number of halogens is 1. The number of hydrogen-bond donors (Lipinski definition) is 2. The van der Waals surface area contributed by atoms with E-state index in [0.29, 0.717) is 40.9 Å². The zero-order chi connectivity index (χ0) is 25.8. The van der Waals surface area contributed by atoms with E-state index in [0.717, 1.165) is 34.7 Å². The zero-order valence-electron chi connectivity index (χ0n) is 20.1. The number of fused-ring (bicyclic) bond motifs is 2. The van der Waals surface area contributed by atoms with Gasteiger partial charge in [-0.05, 0) is 67.6 Å². The zero-order valence-corrected chi connectivity index (χ0v) is 21.7. The first-order valence-electron chi connectivity index (χ1n) is 12.3. The molecule has 3 aromatic carbocycles. The minimum atomic E-state index is -0.808. The first-order chi connectivity index (χ1) is 18.0. The average Bonchev–Trinajstić information content (AvgIpc) is 2.91. The third-order valence-corrected chi connectivity index (χ3v) is 7.81. The average molecular weight is 532 g/mol. The molecule has 188 valence electrons. The van der Waals surface area contributed by atoms with Gasteiger partial charge in [0.1, 0.15) is 0 Å². The van der Waals surface area contributed by atoms with Crippen molar-refractivity contribution in [2.24, 2.45) is 0 Å². The number of aliphatic carboxylic acids is 1. The van der Waals surface area contributed by atoms with Gasteiger partial charge in [0.2, 0.25) is 0 Å². The van der Waals surface area contributed by atoms with Crippen molar-refractivity contribution in [1.29, 1.82) is 0 Å². The van der Waals surface area contributed by atoms with E-state index in [4.69, 9.17) is 26.7 Å². The lowest BCUT2D eigenvalue weighted by atomic mass is 10.0. The van der Waals surface area contributed by atoms with Crippen molar-refractivity contribution in [3.63, 3.8) is 0 Å². The summed E-state index contributed by atoms with van der Waals surface area (Å²) in [5.74, 6) is 0.0155. The molecule has 1 unspecified atom stereocenters. The van der Waals surface area contributed by atoms with Crippen LogP contribution >= 0.6 is 23.4 Å². The number of aryl methyl sites for hydroxylation is 1. The predicted molar refractivity (Wildman–Crippen MR) is 147 cm³/mol. The predicted octanol–water partition coefficient (Wildman–Crippen LogP) is 6.71. The molecular formula is C29H26ClN3O3S. The molecule has 5 rings (SSSR count). The van der Waals surface area contributed by atoms with Gasteiger partial charge in [-0.2, -0.15) is 0 Å². The topological polar surface area (TPSA) is 92.2 Å². The number of rotatable bonds is 8. The van der Waals surface area contributed by atoms with E-state index < -0.39 is 5.97 Å². The number of nitrogens with one attached hydrogen (secondary N) is 1. The lowest BCUT2D eigenvalue weighted by molar-refractivity contribution is -0.137. The Hall–Kier alpha value is -3.42. The van der Waals surface area contributed by atoms with Gasteiger partial charge in [0, 0.05) is 33.2 Å². The molecule has 0 fully saturated rings. The molecule has 0 saturated carbocycles. The standard InChI is InChI=1S/C29H26ClN3O3S/c30-20-12-9-18(10-13-20)28-24(6-2-4-8-27(34)35)31-25-17-19(11-14-23(25)32-28)29(36)33-22-15-16-37-26-7-3-1-5-21(22)26/h1,3,5,7,9-14,17,22H,2,4,6,8,15-16H2,(H,33,36)(H,34,35). The maximum Gasteiger partial charge on any atom is 0.303 e. The van der Waals surface area contributed by atoms with Crippen molar-refractivity contribution in [3.05, 3.63) is 88.6 Å². The molecule has 1 aliphatic heterocycles. The smallest absolute Gasteiger partial charge is 0.303 e. The molecule has 8 heteroatoms. The number of carbonyl (C=O) groups is 2. The molecule has 0 aliphatic carbocycles. The van der Waals surface area contributed by atoms with E-state index >= 15 is 0 Å². The van der Waals surface area contributed by atoms with Gasteiger partial charge in [0.05, 0.1) is 28.5 Å². The molecule has 1 aromatic heterocycles. The number of thioether (sulfide) groups is 1. The number of unbranched alkanes of at least 4 members (excludes halogenated alkanes) is 1. The fraction of sp³-hybridized carbons (Fsp3) is 0.241.